The van der Waals surface area contributed by atoms with Crippen LogP contribution in [0.1, 0.15) is 31.7 Å². The number of alkyl halides is 3. The van der Waals surface area contributed by atoms with Crippen LogP contribution in [0.2, 0.25) is 0 Å². The molecule has 1 amide bonds. The van der Waals surface area contributed by atoms with E-state index in [1.54, 1.807) is 0 Å². The molecule has 12 heteroatoms. The number of carbonyl (C=O) groups is 1. The number of nitrogens with one attached hydrogen (secondary N) is 1. The third-order valence-electron chi connectivity index (χ3n) is 5.96. The van der Waals surface area contributed by atoms with Crippen LogP contribution in [0, 0.1) is 0 Å². The quantitative estimate of drug-likeness (QED) is 0.567. The summed E-state index contributed by atoms with van der Waals surface area (Å²) in [6, 6.07) is 8.21. The van der Waals surface area contributed by atoms with Gasteiger partial charge in [-0.15, -0.1) is 0 Å². The molecule has 1 aliphatic heterocycles. The minimum Gasteiger partial charge on any atom is -0.325 e. The zero-order chi connectivity index (χ0) is 25.4. The summed E-state index contributed by atoms with van der Waals surface area (Å²) in [4.78, 5) is 28.7. The molecule has 3 aromatic rings. The van der Waals surface area contributed by atoms with Crippen LogP contribution in [0.5, 0.6) is 0 Å². The van der Waals surface area contributed by atoms with Crippen molar-refractivity contribution >= 4 is 32.5 Å². The molecule has 0 radical (unpaired) electrons. The van der Waals surface area contributed by atoms with Crippen LogP contribution in [-0.2, 0) is 27.5 Å². The SMILES string of the molecule is CC1CCCCN1S(=O)(=O)c1ccc2c(cnc(=O)n2CC(=O)Nc2cccc(C(F)(F)F)c2)c1. The second kappa shape index (κ2) is 9.42. The molecule has 0 saturated carbocycles. The van der Waals surface area contributed by atoms with Crippen molar-refractivity contribution in [1.29, 1.82) is 0 Å². The van der Waals surface area contributed by atoms with E-state index in [2.05, 4.69) is 10.3 Å². The highest BCUT2D eigenvalue weighted by Gasteiger charge is 2.32. The standard InChI is InChI=1S/C23H23F3N4O4S/c1-15-5-2-3-10-30(15)35(33,34)19-8-9-20-16(11-19)13-27-22(32)29(20)14-21(31)28-18-7-4-6-17(12-18)23(24,25)26/h4,6-9,11-13,15H,2-3,5,10,14H2,1H3,(H,28,31). The lowest BCUT2D eigenvalue weighted by Gasteiger charge is -2.32. The smallest absolute Gasteiger partial charge is 0.325 e. The fourth-order valence-corrected chi connectivity index (χ4v) is 5.91. The lowest BCUT2D eigenvalue weighted by molar-refractivity contribution is -0.137. The predicted octanol–water partition coefficient (Wildman–Crippen LogP) is 3.62. The minimum absolute atomic E-state index is 0.0548. The maximum atomic E-state index is 13.2. The molecule has 1 atom stereocenters. The van der Waals surface area contributed by atoms with E-state index in [9.17, 15) is 31.2 Å². The van der Waals surface area contributed by atoms with E-state index in [0.717, 1.165) is 42.0 Å². The average Bonchev–Trinajstić information content (AvgIpc) is 2.80. The molecule has 4 rings (SSSR count). The van der Waals surface area contributed by atoms with E-state index in [1.807, 2.05) is 6.92 Å². The second-order valence-electron chi connectivity index (χ2n) is 8.43. The van der Waals surface area contributed by atoms with E-state index < -0.39 is 39.9 Å². The van der Waals surface area contributed by atoms with Crippen LogP contribution < -0.4 is 11.0 Å². The van der Waals surface area contributed by atoms with Gasteiger partial charge < -0.3 is 5.32 Å². The van der Waals surface area contributed by atoms with E-state index in [-0.39, 0.29) is 22.1 Å². The monoisotopic (exact) mass is 508 g/mol. The van der Waals surface area contributed by atoms with Crippen molar-refractivity contribution in [3.8, 4) is 0 Å². The van der Waals surface area contributed by atoms with E-state index in [0.29, 0.717) is 11.9 Å². The van der Waals surface area contributed by atoms with Gasteiger partial charge in [-0.2, -0.15) is 17.5 Å². The van der Waals surface area contributed by atoms with Crippen molar-refractivity contribution in [1.82, 2.24) is 13.9 Å². The molecule has 2 heterocycles. The van der Waals surface area contributed by atoms with Crippen LogP contribution >= 0.6 is 0 Å². The summed E-state index contributed by atoms with van der Waals surface area (Å²) in [6.45, 7) is 1.77. The highest BCUT2D eigenvalue weighted by atomic mass is 32.2. The highest BCUT2D eigenvalue weighted by molar-refractivity contribution is 7.89. The van der Waals surface area contributed by atoms with Gasteiger partial charge in [0.25, 0.3) is 0 Å². The minimum atomic E-state index is -4.57. The highest BCUT2D eigenvalue weighted by Crippen LogP contribution is 2.31. The molecular formula is C23H23F3N4O4S. The lowest BCUT2D eigenvalue weighted by atomic mass is 10.1. The van der Waals surface area contributed by atoms with E-state index >= 15 is 0 Å². The van der Waals surface area contributed by atoms with Crippen molar-refractivity contribution in [3.05, 3.63) is 64.7 Å². The summed E-state index contributed by atoms with van der Waals surface area (Å²) >= 11 is 0. The van der Waals surface area contributed by atoms with E-state index in [4.69, 9.17) is 0 Å². The van der Waals surface area contributed by atoms with Crippen molar-refractivity contribution in [2.45, 2.75) is 49.8 Å². The van der Waals surface area contributed by atoms with E-state index in [1.165, 1.54) is 34.8 Å². The summed E-state index contributed by atoms with van der Waals surface area (Å²) in [6.07, 6.45) is -0.823. The number of anilines is 1. The molecule has 35 heavy (non-hydrogen) atoms. The van der Waals surface area contributed by atoms with Crippen LogP contribution in [0.25, 0.3) is 10.9 Å². The molecule has 2 aromatic carbocycles. The summed E-state index contributed by atoms with van der Waals surface area (Å²) in [5.41, 5.74) is -1.47. The Morgan fingerprint density at radius 1 is 1.17 bits per heavy atom. The third kappa shape index (κ3) is 5.22. The maximum absolute atomic E-state index is 13.2. The Kier molecular flexibility index (Phi) is 6.69. The summed E-state index contributed by atoms with van der Waals surface area (Å²) in [5, 5.41) is 2.68. The second-order valence-corrected chi connectivity index (χ2v) is 10.3. The van der Waals surface area contributed by atoms with Gasteiger partial charge in [0.05, 0.1) is 16.0 Å². The fourth-order valence-electron chi connectivity index (χ4n) is 4.17. The van der Waals surface area contributed by atoms with Gasteiger partial charge in [-0.05, 0) is 56.2 Å². The Hall–Kier alpha value is -3.25. The number of nitrogens with zero attached hydrogens (tertiary/aromatic N) is 3. The van der Waals surface area contributed by atoms with Crippen molar-refractivity contribution in [2.24, 2.45) is 0 Å². The Balaban J connectivity index is 1.61. The van der Waals surface area contributed by atoms with Gasteiger partial charge >= 0.3 is 11.9 Å². The Morgan fingerprint density at radius 3 is 2.66 bits per heavy atom. The summed E-state index contributed by atoms with van der Waals surface area (Å²) in [7, 11) is -3.76. The molecule has 186 valence electrons. The van der Waals surface area contributed by atoms with Crippen LogP contribution in [-0.4, -0.2) is 40.8 Å². The Bertz CT molecular complexity index is 1440. The number of benzene rings is 2. The number of fused-ring (bicyclic) bond motifs is 1. The molecule has 1 saturated heterocycles. The van der Waals surface area contributed by atoms with Gasteiger partial charge in [0.15, 0.2) is 0 Å². The molecule has 0 bridgehead atoms. The number of aromatic nitrogens is 2. The number of hydrogen-bond acceptors (Lipinski definition) is 5. The Morgan fingerprint density at radius 2 is 1.94 bits per heavy atom. The number of piperidine rings is 1. The molecule has 1 N–H and O–H groups in total. The largest absolute Gasteiger partial charge is 0.416 e. The zero-order valence-corrected chi connectivity index (χ0v) is 19.6. The summed E-state index contributed by atoms with van der Waals surface area (Å²) in [5.74, 6) is -0.737. The van der Waals surface area contributed by atoms with Gasteiger partial charge in [-0.1, -0.05) is 12.5 Å². The van der Waals surface area contributed by atoms with Gasteiger partial charge in [0.1, 0.15) is 6.54 Å². The Labute approximate surface area is 199 Å². The van der Waals surface area contributed by atoms with Crippen molar-refractivity contribution < 1.29 is 26.4 Å². The maximum Gasteiger partial charge on any atom is 0.416 e. The fraction of sp³-hybridized carbons (Fsp3) is 0.348. The van der Waals surface area contributed by atoms with Crippen LogP contribution in [0.3, 0.4) is 0 Å². The van der Waals surface area contributed by atoms with Crippen LogP contribution in [0.15, 0.2) is 58.4 Å². The first-order chi connectivity index (χ1) is 16.5. The first kappa shape index (κ1) is 24.9. The third-order valence-corrected chi connectivity index (χ3v) is 7.97. The van der Waals surface area contributed by atoms with Gasteiger partial charge in [-0.3, -0.25) is 9.36 Å². The van der Waals surface area contributed by atoms with Gasteiger partial charge in [0.2, 0.25) is 15.9 Å². The topological polar surface area (TPSA) is 101 Å². The predicted molar refractivity (Wildman–Crippen MR) is 123 cm³/mol. The number of hydrogen-bond donors (Lipinski definition) is 1. The molecule has 1 aliphatic rings. The lowest BCUT2D eigenvalue weighted by Crippen LogP contribution is -2.41. The van der Waals surface area contributed by atoms with Gasteiger partial charge in [0, 0.05) is 29.9 Å². The molecule has 1 unspecified atom stereocenters. The molecule has 1 aromatic heterocycles. The molecular weight excluding hydrogens is 485 g/mol. The van der Waals surface area contributed by atoms with Crippen molar-refractivity contribution in [3.63, 3.8) is 0 Å². The number of rotatable bonds is 5. The molecule has 8 nitrogen and oxygen atoms in total. The number of halogens is 3. The van der Waals surface area contributed by atoms with Gasteiger partial charge in [-0.25, -0.2) is 18.2 Å². The number of amides is 1. The average molecular weight is 509 g/mol. The normalized spacial score (nSPS) is 17.4. The number of carbonyl (C=O) groups excluding carboxylic acids is 1. The zero-order valence-electron chi connectivity index (χ0n) is 18.7. The first-order valence-corrected chi connectivity index (χ1v) is 12.4. The number of sulfonamides is 1. The first-order valence-electron chi connectivity index (χ1n) is 11.0. The van der Waals surface area contributed by atoms with Crippen molar-refractivity contribution in [2.75, 3.05) is 11.9 Å². The summed E-state index contributed by atoms with van der Waals surface area (Å²) < 4.78 is 67.6. The molecule has 0 spiro atoms. The molecule has 0 aliphatic carbocycles. The van der Waals surface area contributed by atoms with Crippen LogP contribution in [0.4, 0.5) is 18.9 Å². The molecule has 1 fully saturated rings.